The summed E-state index contributed by atoms with van der Waals surface area (Å²) < 4.78 is 0. The van der Waals surface area contributed by atoms with Gasteiger partial charge in [0.2, 0.25) is 16.2 Å². The van der Waals surface area contributed by atoms with Gasteiger partial charge in [0.1, 0.15) is 0 Å². The van der Waals surface area contributed by atoms with Crippen LogP contribution in [0, 0.1) is 16.0 Å². The van der Waals surface area contributed by atoms with Gasteiger partial charge in [-0.1, -0.05) is 36.5 Å². The zero-order chi connectivity index (χ0) is 16.3. The number of nitrogens with one attached hydrogen (secondary N) is 1. The van der Waals surface area contributed by atoms with Gasteiger partial charge < -0.3 is 5.32 Å². The molecule has 0 unspecified atom stereocenters. The van der Waals surface area contributed by atoms with Gasteiger partial charge in [-0.05, 0) is 13.0 Å². The van der Waals surface area contributed by atoms with Crippen LogP contribution in [0.25, 0.3) is 0 Å². The Labute approximate surface area is 134 Å². The molecule has 8 nitrogen and oxygen atoms in total. The molecule has 0 radical (unpaired) electrons. The van der Waals surface area contributed by atoms with Crippen molar-refractivity contribution in [1.82, 2.24) is 10.2 Å². The quantitative estimate of drug-likeness (QED) is 0.511. The highest BCUT2D eigenvalue weighted by atomic mass is 32.1. The van der Waals surface area contributed by atoms with E-state index in [2.05, 4.69) is 20.5 Å². The van der Waals surface area contributed by atoms with Crippen LogP contribution >= 0.6 is 22.7 Å². The molecule has 0 fully saturated rings. The molecule has 2 aromatic heterocycles. The highest BCUT2D eigenvalue weighted by molar-refractivity contribution is 7.19. The SMILES string of the molecule is CC(=Nc1nnc(NC(=O)C(C)C)s1)c1ccc([N+](=O)[O-])s1. The molecular formula is C12H13N5O3S2. The Bertz CT molecular complexity index is 735. The molecule has 116 valence electrons. The van der Waals surface area contributed by atoms with Crippen LogP contribution in [0.5, 0.6) is 0 Å². The molecule has 0 saturated heterocycles. The average Bonchev–Trinajstić information content (AvgIpc) is 3.07. The minimum atomic E-state index is -0.439. The van der Waals surface area contributed by atoms with Crippen LogP contribution < -0.4 is 5.32 Å². The van der Waals surface area contributed by atoms with Crippen molar-refractivity contribution in [2.75, 3.05) is 5.32 Å². The highest BCUT2D eigenvalue weighted by Gasteiger charge is 2.13. The second kappa shape index (κ2) is 6.71. The first-order valence-electron chi connectivity index (χ1n) is 6.31. The van der Waals surface area contributed by atoms with E-state index < -0.39 is 4.92 Å². The molecule has 22 heavy (non-hydrogen) atoms. The smallest absolute Gasteiger partial charge is 0.300 e. The van der Waals surface area contributed by atoms with Crippen LogP contribution in [0.3, 0.4) is 0 Å². The third-order valence-corrected chi connectivity index (χ3v) is 4.44. The number of hydrogen-bond donors (Lipinski definition) is 1. The molecule has 2 aromatic rings. The Morgan fingerprint density at radius 2 is 2.09 bits per heavy atom. The number of amides is 1. The molecule has 2 heterocycles. The lowest BCUT2D eigenvalue weighted by Gasteiger charge is -2.02. The third kappa shape index (κ3) is 3.92. The summed E-state index contributed by atoms with van der Waals surface area (Å²) in [6.45, 7) is 5.30. The van der Waals surface area contributed by atoms with Gasteiger partial charge in [-0.2, -0.15) is 0 Å². The minimum absolute atomic E-state index is 0.0618. The van der Waals surface area contributed by atoms with Crippen molar-refractivity contribution in [3.05, 3.63) is 27.1 Å². The van der Waals surface area contributed by atoms with Crippen molar-refractivity contribution in [2.45, 2.75) is 20.8 Å². The van der Waals surface area contributed by atoms with E-state index in [4.69, 9.17) is 0 Å². The monoisotopic (exact) mass is 339 g/mol. The molecule has 10 heteroatoms. The Balaban J connectivity index is 2.13. The van der Waals surface area contributed by atoms with Crippen molar-refractivity contribution in [3.63, 3.8) is 0 Å². The number of thiophene rings is 1. The van der Waals surface area contributed by atoms with Crippen molar-refractivity contribution in [1.29, 1.82) is 0 Å². The van der Waals surface area contributed by atoms with E-state index >= 15 is 0 Å². The molecule has 0 aliphatic carbocycles. The number of hydrogen-bond acceptors (Lipinski definition) is 8. The van der Waals surface area contributed by atoms with Gasteiger partial charge in [-0.15, -0.1) is 10.2 Å². The first kappa shape index (κ1) is 16.2. The van der Waals surface area contributed by atoms with Gasteiger partial charge >= 0.3 is 5.00 Å². The van der Waals surface area contributed by atoms with Gasteiger partial charge in [-0.3, -0.25) is 14.9 Å². The van der Waals surface area contributed by atoms with E-state index in [9.17, 15) is 14.9 Å². The van der Waals surface area contributed by atoms with Crippen molar-refractivity contribution in [3.8, 4) is 0 Å². The number of aromatic nitrogens is 2. The number of nitro groups is 1. The molecule has 0 aliphatic rings. The molecule has 1 N–H and O–H groups in total. The maximum atomic E-state index is 11.6. The molecule has 1 amide bonds. The molecule has 0 bridgehead atoms. The normalized spacial score (nSPS) is 11.7. The summed E-state index contributed by atoms with van der Waals surface area (Å²) in [6, 6.07) is 3.08. The standard InChI is InChI=1S/C12H13N5O3S2/c1-6(2)10(18)14-12-16-15-11(22-12)13-7(3)8-4-5-9(21-8)17(19)20/h4-6H,1-3H3,(H,14,16,18). The summed E-state index contributed by atoms with van der Waals surface area (Å²) in [5.74, 6) is -0.290. The van der Waals surface area contributed by atoms with E-state index in [-0.39, 0.29) is 16.8 Å². The lowest BCUT2D eigenvalue weighted by molar-refractivity contribution is -0.380. The van der Waals surface area contributed by atoms with Crippen LogP contribution in [0.4, 0.5) is 15.3 Å². The predicted molar refractivity (Wildman–Crippen MR) is 86.2 cm³/mol. The van der Waals surface area contributed by atoms with Crippen LogP contribution in [-0.2, 0) is 4.79 Å². The van der Waals surface area contributed by atoms with Gasteiger partial charge in [-0.25, -0.2) is 4.99 Å². The fourth-order valence-corrected chi connectivity index (χ4v) is 2.82. The Kier molecular flexibility index (Phi) is 4.93. The number of rotatable bonds is 5. The molecule has 0 aromatic carbocycles. The maximum Gasteiger partial charge on any atom is 0.324 e. The Hall–Kier alpha value is -2.20. The van der Waals surface area contributed by atoms with E-state index in [1.807, 2.05) is 0 Å². The zero-order valence-corrected chi connectivity index (χ0v) is 13.7. The van der Waals surface area contributed by atoms with E-state index in [0.29, 0.717) is 20.9 Å². The summed E-state index contributed by atoms with van der Waals surface area (Å²) in [6.07, 6.45) is 0. The Morgan fingerprint density at radius 1 is 1.36 bits per heavy atom. The van der Waals surface area contributed by atoms with Gasteiger partial charge in [0.15, 0.2) is 0 Å². The van der Waals surface area contributed by atoms with Crippen LogP contribution in [-0.4, -0.2) is 26.7 Å². The van der Waals surface area contributed by atoms with Crippen LogP contribution in [0.15, 0.2) is 17.1 Å². The average molecular weight is 339 g/mol. The largest absolute Gasteiger partial charge is 0.324 e. The van der Waals surface area contributed by atoms with Gasteiger partial charge in [0.05, 0.1) is 15.5 Å². The molecule has 0 aliphatic heterocycles. The van der Waals surface area contributed by atoms with Gasteiger partial charge in [0, 0.05) is 12.0 Å². The van der Waals surface area contributed by atoms with E-state index in [1.54, 1.807) is 26.8 Å². The highest BCUT2D eigenvalue weighted by Crippen LogP contribution is 2.28. The van der Waals surface area contributed by atoms with Crippen LogP contribution in [0.2, 0.25) is 0 Å². The first-order valence-corrected chi connectivity index (χ1v) is 7.94. The van der Waals surface area contributed by atoms with E-state index in [0.717, 1.165) is 22.7 Å². The minimum Gasteiger partial charge on any atom is -0.300 e. The number of carbonyl (C=O) groups is 1. The third-order valence-electron chi connectivity index (χ3n) is 2.56. The van der Waals surface area contributed by atoms with Gasteiger partial charge in [0.25, 0.3) is 0 Å². The lowest BCUT2D eigenvalue weighted by atomic mass is 10.2. The fourth-order valence-electron chi connectivity index (χ4n) is 1.38. The molecule has 0 spiro atoms. The zero-order valence-electron chi connectivity index (χ0n) is 12.1. The summed E-state index contributed by atoms with van der Waals surface area (Å²) in [4.78, 5) is 26.8. The number of anilines is 1. The fraction of sp³-hybridized carbons (Fsp3) is 0.333. The predicted octanol–water partition coefficient (Wildman–Crippen LogP) is 3.24. The van der Waals surface area contributed by atoms with Crippen molar-refractivity contribution >= 4 is 49.6 Å². The van der Waals surface area contributed by atoms with Crippen LogP contribution in [0.1, 0.15) is 25.6 Å². The molecule has 2 rings (SSSR count). The lowest BCUT2D eigenvalue weighted by Crippen LogP contribution is -2.17. The van der Waals surface area contributed by atoms with Crippen molar-refractivity contribution in [2.24, 2.45) is 10.9 Å². The molecule has 0 atom stereocenters. The first-order chi connectivity index (χ1) is 10.4. The molecular weight excluding hydrogens is 326 g/mol. The summed E-state index contributed by atoms with van der Waals surface area (Å²) >= 11 is 2.19. The summed E-state index contributed by atoms with van der Waals surface area (Å²) in [5.41, 5.74) is 0.607. The number of carbonyl (C=O) groups excluding carboxylic acids is 1. The van der Waals surface area contributed by atoms with E-state index in [1.165, 1.54) is 6.07 Å². The summed E-state index contributed by atoms with van der Waals surface area (Å²) in [7, 11) is 0. The second-order valence-corrected chi connectivity index (χ2v) is 6.64. The molecule has 0 saturated carbocycles. The number of aliphatic imine (C=N–C) groups is 1. The topological polar surface area (TPSA) is 110 Å². The maximum absolute atomic E-state index is 11.6. The number of nitrogens with zero attached hydrogens (tertiary/aromatic N) is 4. The summed E-state index contributed by atoms with van der Waals surface area (Å²) in [5, 5.41) is 21.9. The second-order valence-electron chi connectivity index (χ2n) is 4.63. The Morgan fingerprint density at radius 3 is 2.68 bits per heavy atom. The van der Waals surface area contributed by atoms with Crippen molar-refractivity contribution < 1.29 is 9.72 Å².